The second kappa shape index (κ2) is 6.29. The molecular formula is C18H16N4O2. The molecule has 0 aliphatic heterocycles. The highest BCUT2D eigenvalue weighted by Gasteiger charge is 2.17. The molecule has 0 fully saturated rings. The van der Waals surface area contributed by atoms with Crippen LogP contribution in [-0.4, -0.2) is 16.9 Å². The molecule has 1 heterocycles. The van der Waals surface area contributed by atoms with Crippen LogP contribution in [0.25, 0.3) is 23.1 Å². The normalized spacial score (nSPS) is 11.0. The van der Waals surface area contributed by atoms with Gasteiger partial charge >= 0.3 is 6.03 Å². The fourth-order valence-corrected chi connectivity index (χ4v) is 2.55. The minimum absolute atomic E-state index is 0.203. The van der Waals surface area contributed by atoms with E-state index in [2.05, 4.69) is 10.3 Å². The number of carbonyl (C=O) groups excluding carboxylic acids is 2. The van der Waals surface area contributed by atoms with Crippen LogP contribution >= 0.6 is 0 Å². The average molecular weight is 320 g/mol. The molecule has 3 rings (SSSR count). The second-order valence-corrected chi connectivity index (χ2v) is 5.28. The molecule has 24 heavy (non-hydrogen) atoms. The molecule has 0 aliphatic carbocycles. The summed E-state index contributed by atoms with van der Waals surface area (Å²) in [6, 6.07) is 14.7. The van der Waals surface area contributed by atoms with Crippen molar-refractivity contribution in [3.63, 3.8) is 0 Å². The van der Waals surface area contributed by atoms with Crippen LogP contribution in [0.15, 0.2) is 48.5 Å². The van der Waals surface area contributed by atoms with Gasteiger partial charge in [0, 0.05) is 10.9 Å². The Balaban J connectivity index is 2.01. The Morgan fingerprint density at radius 2 is 1.67 bits per heavy atom. The number of aromatic nitrogens is 1. The first kappa shape index (κ1) is 15.4. The van der Waals surface area contributed by atoms with Crippen LogP contribution in [0.5, 0.6) is 0 Å². The van der Waals surface area contributed by atoms with Crippen LogP contribution in [0.2, 0.25) is 0 Å². The zero-order valence-corrected chi connectivity index (χ0v) is 12.7. The van der Waals surface area contributed by atoms with E-state index >= 15 is 0 Å². The monoisotopic (exact) mass is 320 g/mol. The Morgan fingerprint density at radius 1 is 0.958 bits per heavy atom. The van der Waals surface area contributed by atoms with E-state index in [1.807, 2.05) is 54.6 Å². The molecule has 0 atom stereocenters. The van der Waals surface area contributed by atoms with E-state index in [9.17, 15) is 9.59 Å². The zero-order chi connectivity index (χ0) is 17.1. The van der Waals surface area contributed by atoms with Gasteiger partial charge < -0.3 is 16.5 Å². The highest BCUT2D eigenvalue weighted by molar-refractivity contribution is 6.13. The van der Waals surface area contributed by atoms with E-state index in [4.69, 9.17) is 11.5 Å². The number of hydrogen-bond donors (Lipinski definition) is 4. The summed E-state index contributed by atoms with van der Waals surface area (Å²) in [5.74, 6) is -0.438. The summed E-state index contributed by atoms with van der Waals surface area (Å²) in [6.07, 6.45) is 3.95. The van der Waals surface area contributed by atoms with Gasteiger partial charge in [0.15, 0.2) is 0 Å². The topological polar surface area (TPSA) is 114 Å². The van der Waals surface area contributed by atoms with Gasteiger partial charge in [0.2, 0.25) is 0 Å². The summed E-state index contributed by atoms with van der Waals surface area (Å²) in [6.45, 7) is 0. The lowest BCUT2D eigenvalue weighted by molar-refractivity contribution is 0.100. The Labute approximate surface area is 138 Å². The van der Waals surface area contributed by atoms with Gasteiger partial charge in [-0.2, -0.15) is 0 Å². The maximum absolute atomic E-state index is 11.7. The SMILES string of the molecule is NC(=O)Nc1[nH]c2cc(C=Cc3ccccc3)ccc2c1C(N)=O. The lowest BCUT2D eigenvalue weighted by Gasteiger charge is -2.00. The van der Waals surface area contributed by atoms with Gasteiger partial charge in [-0.1, -0.05) is 54.6 Å². The predicted octanol–water partition coefficient (Wildman–Crippen LogP) is 2.93. The molecule has 6 N–H and O–H groups in total. The number of urea groups is 1. The fourth-order valence-electron chi connectivity index (χ4n) is 2.55. The minimum Gasteiger partial charge on any atom is -0.365 e. The molecule has 1 aromatic heterocycles. The first-order chi connectivity index (χ1) is 11.5. The van der Waals surface area contributed by atoms with Crippen LogP contribution in [0.4, 0.5) is 10.6 Å². The fraction of sp³-hybridized carbons (Fsp3) is 0. The molecule has 0 aliphatic rings. The maximum atomic E-state index is 11.7. The first-order valence-corrected chi connectivity index (χ1v) is 7.29. The minimum atomic E-state index is -0.770. The predicted molar refractivity (Wildman–Crippen MR) is 95.4 cm³/mol. The number of anilines is 1. The van der Waals surface area contributed by atoms with E-state index in [1.54, 1.807) is 6.07 Å². The largest absolute Gasteiger partial charge is 0.365 e. The number of H-pyrrole nitrogens is 1. The number of fused-ring (bicyclic) bond motifs is 1. The van der Waals surface area contributed by atoms with Crippen molar-refractivity contribution in [1.82, 2.24) is 4.98 Å². The van der Waals surface area contributed by atoms with Crippen molar-refractivity contribution < 1.29 is 9.59 Å². The van der Waals surface area contributed by atoms with Crippen molar-refractivity contribution in [2.24, 2.45) is 11.5 Å². The molecule has 0 bridgehead atoms. The summed E-state index contributed by atoms with van der Waals surface area (Å²) >= 11 is 0. The summed E-state index contributed by atoms with van der Waals surface area (Å²) in [7, 11) is 0. The molecule has 2 aromatic carbocycles. The van der Waals surface area contributed by atoms with Crippen LogP contribution in [0.1, 0.15) is 21.5 Å². The number of nitrogens with two attached hydrogens (primary N) is 2. The van der Waals surface area contributed by atoms with Gasteiger partial charge in [0.05, 0.1) is 5.56 Å². The van der Waals surface area contributed by atoms with Crippen molar-refractivity contribution in [1.29, 1.82) is 0 Å². The molecule has 120 valence electrons. The molecule has 6 nitrogen and oxygen atoms in total. The third kappa shape index (κ3) is 3.12. The van der Waals surface area contributed by atoms with Gasteiger partial charge in [-0.3, -0.25) is 10.1 Å². The van der Waals surface area contributed by atoms with Gasteiger partial charge in [-0.15, -0.1) is 0 Å². The van der Waals surface area contributed by atoms with Crippen molar-refractivity contribution in [2.45, 2.75) is 0 Å². The van der Waals surface area contributed by atoms with E-state index < -0.39 is 11.9 Å². The quantitative estimate of drug-likeness (QED) is 0.554. The average Bonchev–Trinajstić information content (AvgIpc) is 2.90. The van der Waals surface area contributed by atoms with E-state index in [0.717, 1.165) is 11.1 Å². The lowest BCUT2D eigenvalue weighted by atomic mass is 10.1. The van der Waals surface area contributed by atoms with Crippen LogP contribution in [0.3, 0.4) is 0 Å². The van der Waals surface area contributed by atoms with Gasteiger partial charge in [0.1, 0.15) is 5.82 Å². The van der Waals surface area contributed by atoms with Crippen molar-refractivity contribution in [3.05, 3.63) is 65.2 Å². The molecule has 6 heteroatoms. The molecule has 3 aromatic rings. The van der Waals surface area contributed by atoms with Gasteiger partial charge in [-0.05, 0) is 17.2 Å². The Kier molecular flexibility index (Phi) is 4.03. The van der Waals surface area contributed by atoms with Crippen LogP contribution in [-0.2, 0) is 0 Å². The first-order valence-electron chi connectivity index (χ1n) is 7.29. The van der Waals surface area contributed by atoms with Crippen molar-refractivity contribution in [3.8, 4) is 0 Å². The third-order valence-corrected chi connectivity index (χ3v) is 3.59. The molecule has 0 unspecified atom stereocenters. The van der Waals surface area contributed by atoms with E-state index in [0.29, 0.717) is 10.9 Å². The third-order valence-electron chi connectivity index (χ3n) is 3.59. The summed E-state index contributed by atoms with van der Waals surface area (Å²) in [5, 5.41) is 3.01. The molecule has 0 saturated heterocycles. The van der Waals surface area contributed by atoms with Crippen molar-refractivity contribution in [2.75, 3.05) is 5.32 Å². The summed E-state index contributed by atoms with van der Waals surface area (Å²) in [4.78, 5) is 25.7. The number of primary amides is 2. The number of nitrogens with one attached hydrogen (secondary N) is 2. The lowest BCUT2D eigenvalue weighted by Crippen LogP contribution is -2.22. The smallest absolute Gasteiger partial charge is 0.317 e. The van der Waals surface area contributed by atoms with Crippen molar-refractivity contribution >= 4 is 40.8 Å². The van der Waals surface area contributed by atoms with Crippen LogP contribution < -0.4 is 16.8 Å². The number of carbonyl (C=O) groups is 2. The number of rotatable bonds is 4. The van der Waals surface area contributed by atoms with E-state index in [1.165, 1.54) is 0 Å². The maximum Gasteiger partial charge on any atom is 0.317 e. The second-order valence-electron chi connectivity index (χ2n) is 5.28. The molecular weight excluding hydrogens is 304 g/mol. The zero-order valence-electron chi connectivity index (χ0n) is 12.7. The molecule has 0 radical (unpaired) electrons. The summed E-state index contributed by atoms with van der Waals surface area (Å²) in [5.41, 5.74) is 13.4. The Hall–Kier alpha value is -3.54. The standard InChI is InChI=1S/C18H16N4O2/c19-16(23)15-13-9-8-12(7-6-11-4-2-1-3-5-11)10-14(13)21-17(15)22-18(20)24/h1-10,21H,(H2,19,23)(H3,20,22,24). The molecule has 3 amide bonds. The molecule has 0 saturated carbocycles. The van der Waals surface area contributed by atoms with Crippen LogP contribution in [0, 0.1) is 0 Å². The number of aromatic amines is 1. The summed E-state index contributed by atoms with van der Waals surface area (Å²) < 4.78 is 0. The number of benzene rings is 2. The Morgan fingerprint density at radius 3 is 2.33 bits per heavy atom. The number of hydrogen-bond acceptors (Lipinski definition) is 2. The highest BCUT2D eigenvalue weighted by atomic mass is 16.2. The number of amides is 3. The molecule has 0 spiro atoms. The highest BCUT2D eigenvalue weighted by Crippen LogP contribution is 2.27. The van der Waals surface area contributed by atoms with Gasteiger partial charge in [0.25, 0.3) is 5.91 Å². The Bertz CT molecular complexity index is 942. The van der Waals surface area contributed by atoms with Gasteiger partial charge in [-0.25, -0.2) is 4.79 Å². The van der Waals surface area contributed by atoms with E-state index in [-0.39, 0.29) is 11.4 Å².